The van der Waals surface area contributed by atoms with Crippen molar-refractivity contribution in [3.8, 4) is 0 Å². The highest BCUT2D eigenvalue weighted by Gasteiger charge is 2.16. The van der Waals surface area contributed by atoms with Crippen molar-refractivity contribution in [1.82, 2.24) is 4.98 Å². The Bertz CT molecular complexity index is 576. The van der Waals surface area contributed by atoms with E-state index in [1.807, 2.05) is 36.5 Å². The number of nitrogen functional groups attached to an aromatic ring is 1. The molecule has 3 rings (SSSR count). The first-order chi connectivity index (χ1) is 9.84. The first kappa shape index (κ1) is 12.8. The van der Waals surface area contributed by atoms with Crippen LogP contribution in [-0.2, 0) is 6.54 Å². The van der Waals surface area contributed by atoms with Crippen LogP contribution < -0.4 is 16.0 Å². The maximum absolute atomic E-state index is 5.98. The Balaban J connectivity index is 1.76. The molecule has 0 aliphatic carbocycles. The number of hydrogen-bond acceptors (Lipinski definition) is 4. The molecule has 104 valence electrons. The minimum atomic E-state index is 0.721. The molecule has 1 aromatic heterocycles. The van der Waals surface area contributed by atoms with E-state index in [0.29, 0.717) is 0 Å². The Hall–Kier alpha value is -2.23. The molecule has 4 nitrogen and oxygen atoms in total. The number of aromatic nitrogens is 1. The summed E-state index contributed by atoms with van der Waals surface area (Å²) in [5.74, 6) is 1.06. The van der Waals surface area contributed by atoms with E-state index in [0.717, 1.165) is 42.4 Å². The first-order valence-electron chi connectivity index (χ1n) is 7.12. The van der Waals surface area contributed by atoms with Crippen molar-refractivity contribution >= 4 is 17.2 Å². The molecule has 1 aliphatic heterocycles. The van der Waals surface area contributed by atoms with E-state index in [1.54, 1.807) is 0 Å². The molecule has 2 aromatic rings. The van der Waals surface area contributed by atoms with Gasteiger partial charge in [-0.1, -0.05) is 18.2 Å². The van der Waals surface area contributed by atoms with Gasteiger partial charge >= 0.3 is 0 Å². The van der Waals surface area contributed by atoms with Gasteiger partial charge in [0.25, 0.3) is 0 Å². The van der Waals surface area contributed by atoms with E-state index in [-0.39, 0.29) is 0 Å². The molecule has 4 heteroatoms. The van der Waals surface area contributed by atoms with Crippen molar-refractivity contribution in [2.24, 2.45) is 0 Å². The summed E-state index contributed by atoms with van der Waals surface area (Å²) in [4.78, 5) is 6.87. The fourth-order valence-corrected chi connectivity index (χ4v) is 2.60. The number of benzene rings is 1. The normalized spacial score (nSPS) is 14.5. The number of rotatable bonds is 4. The minimum Gasteiger partial charge on any atom is -0.398 e. The van der Waals surface area contributed by atoms with Gasteiger partial charge in [0.15, 0.2) is 5.82 Å². The molecular formula is C16H20N4. The predicted molar refractivity (Wildman–Crippen MR) is 83.9 cm³/mol. The van der Waals surface area contributed by atoms with E-state index in [2.05, 4.69) is 21.3 Å². The summed E-state index contributed by atoms with van der Waals surface area (Å²) in [7, 11) is 0. The van der Waals surface area contributed by atoms with E-state index in [1.165, 1.54) is 12.8 Å². The lowest BCUT2D eigenvalue weighted by Gasteiger charge is -2.20. The van der Waals surface area contributed by atoms with E-state index in [9.17, 15) is 0 Å². The minimum absolute atomic E-state index is 0.721. The zero-order chi connectivity index (χ0) is 13.8. The molecule has 0 spiro atoms. The number of pyridine rings is 1. The van der Waals surface area contributed by atoms with Gasteiger partial charge in [0.2, 0.25) is 0 Å². The average molecular weight is 268 g/mol. The lowest BCUT2D eigenvalue weighted by atomic mass is 10.2. The molecule has 0 radical (unpaired) electrons. The van der Waals surface area contributed by atoms with Crippen LogP contribution in [0.4, 0.5) is 17.2 Å². The summed E-state index contributed by atoms with van der Waals surface area (Å²) in [6, 6.07) is 12.0. The lowest BCUT2D eigenvalue weighted by molar-refractivity contribution is 0.935. The highest BCUT2D eigenvalue weighted by molar-refractivity contribution is 5.66. The van der Waals surface area contributed by atoms with Crippen LogP contribution in [-0.4, -0.2) is 18.1 Å². The van der Waals surface area contributed by atoms with Crippen molar-refractivity contribution in [2.75, 3.05) is 29.0 Å². The third-order valence-electron chi connectivity index (χ3n) is 3.72. The van der Waals surface area contributed by atoms with Gasteiger partial charge in [-0.25, -0.2) is 4.98 Å². The highest BCUT2D eigenvalue weighted by Crippen LogP contribution is 2.26. The number of nitrogens with two attached hydrogens (primary N) is 1. The predicted octanol–water partition coefficient (Wildman–Crippen LogP) is 2.88. The molecule has 0 unspecified atom stereocenters. The molecule has 0 saturated carbocycles. The molecule has 0 atom stereocenters. The Morgan fingerprint density at radius 2 is 1.90 bits per heavy atom. The number of anilines is 3. The SMILES string of the molecule is Nc1ccccc1CNc1cccnc1N1CCCC1. The second-order valence-corrected chi connectivity index (χ2v) is 5.12. The van der Waals surface area contributed by atoms with Gasteiger partial charge in [0, 0.05) is 31.5 Å². The van der Waals surface area contributed by atoms with E-state index >= 15 is 0 Å². The molecule has 1 aromatic carbocycles. The van der Waals surface area contributed by atoms with Gasteiger partial charge in [0.05, 0.1) is 5.69 Å². The number of nitrogens with zero attached hydrogens (tertiary/aromatic N) is 2. The maximum Gasteiger partial charge on any atom is 0.151 e. The number of nitrogens with one attached hydrogen (secondary N) is 1. The average Bonchev–Trinajstić information content (AvgIpc) is 3.01. The Morgan fingerprint density at radius 3 is 2.70 bits per heavy atom. The summed E-state index contributed by atoms with van der Waals surface area (Å²) in [5.41, 5.74) is 9.00. The fourth-order valence-electron chi connectivity index (χ4n) is 2.60. The van der Waals surface area contributed by atoms with Crippen LogP contribution in [0.1, 0.15) is 18.4 Å². The number of para-hydroxylation sites is 1. The summed E-state index contributed by atoms with van der Waals surface area (Å²) < 4.78 is 0. The number of hydrogen-bond donors (Lipinski definition) is 2. The van der Waals surface area contributed by atoms with Gasteiger partial charge in [-0.2, -0.15) is 0 Å². The van der Waals surface area contributed by atoms with Gasteiger partial charge in [0.1, 0.15) is 0 Å². The molecule has 0 bridgehead atoms. The largest absolute Gasteiger partial charge is 0.398 e. The van der Waals surface area contributed by atoms with Crippen LogP contribution in [0.5, 0.6) is 0 Å². The Morgan fingerprint density at radius 1 is 1.10 bits per heavy atom. The van der Waals surface area contributed by atoms with Crippen LogP contribution in [0, 0.1) is 0 Å². The first-order valence-corrected chi connectivity index (χ1v) is 7.12. The Labute approximate surface area is 119 Å². The van der Waals surface area contributed by atoms with Crippen molar-refractivity contribution in [3.05, 3.63) is 48.2 Å². The van der Waals surface area contributed by atoms with Crippen LogP contribution in [0.3, 0.4) is 0 Å². The van der Waals surface area contributed by atoms with Gasteiger partial charge in [-0.3, -0.25) is 0 Å². The van der Waals surface area contributed by atoms with Crippen LogP contribution in [0.2, 0.25) is 0 Å². The smallest absolute Gasteiger partial charge is 0.151 e. The topological polar surface area (TPSA) is 54.2 Å². The van der Waals surface area contributed by atoms with E-state index in [4.69, 9.17) is 5.73 Å². The summed E-state index contributed by atoms with van der Waals surface area (Å²) in [6.45, 7) is 2.91. The molecule has 3 N–H and O–H groups in total. The summed E-state index contributed by atoms with van der Waals surface area (Å²) >= 11 is 0. The second kappa shape index (κ2) is 5.82. The third-order valence-corrected chi connectivity index (χ3v) is 3.72. The third kappa shape index (κ3) is 2.69. The quantitative estimate of drug-likeness (QED) is 0.837. The molecule has 1 fully saturated rings. The Kier molecular flexibility index (Phi) is 3.72. The zero-order valence-corrected chi connectivity index (χ0v) is 11.5. The van der Waals surface area contributed by atoms with E-state index < -0.39 is 0 Å². The summed E-state index contributed by atoms with van der Waals surface area (Å²) in [5, 5.41) is 3.46. The zero-order valence-electron chi connectivity index (χ0n) is 11.5. The standard InChI is InChI=1S/C16H20N4/c17-14-7-2-1-6-13(14)12-19-15-8-5-9-18-16(15)20-10-3-4-11-20/h1-2,5-9,19H,3-4,10-12,17H2. The molecule has 20 heavy (non-hydrogen) atoms. The van der Waals surface area contributed by atoms with Crippen molar-refractivity contribution in [3.63, 3.8) is 0 Å². The van der Waals surface area contributed by atoms with Crippen molar-refractivity contribution < 1.29 is 0 Å². The molecule has 1 aliphatic rings. The van der Waals surface area contributed by atoms with Gasteiger partial charge in [-0.15, -0.1) is 0 Å². The molecular weight excluding hydrogens is 248 g/mol. The molecule has 0 amide bonds. The van der Waals surface area contributed by atoms with Gasteiger partial charge < -0.3 is 16.0 Å². The summed E-state index contributed by atoms with van der Waals surface area (Å²) in [6.07, 6.45) is 4.36. The highest BCUT2D eigenvalue weighted by atomic mass is 15.2. The van der Waals surface area contributed by atoms with Crippen LogP contribution in [0.15, 0.2) is 42.6 Å². The lowest BCUT2D eigenvalue weighted by Crippen LogP contribution is -2.20. The fraction of sp³-hybridized carbons (Fsp3) is 0.312. The second-order valence-electron chi connectivity index (χ2n) is 5.12. The monoisotopic (exact) mass is 268 g/mol. The van der Waals surface area contributed by atoms with Crippen molar-refractivity contribution in [1.29, 1.82) is 0 Å². The van der Waals surface area contributed by atoms with Crippen molar-refractivity contribution in [2.45, 2.75) is 19.4 Å². The molecule has 1 saturated heterocycles. The van der Waals surface area contributed by atoms with Crippen LogP contribution >= 0.6 is 0 Å². The van der Waals surface area contributed by atoms with Crippen LogP contribution in [0.25, 0.3) is 0 Å². The molecule has 2 heterocycles. The maximum atomic E-state index is 5.98. The van der Waals surface area contributed by atoms with Gasteiger partial charge in [-0.05, 0) is 36.6 Å².